The van der Waals surface area contributed by atoms with Crippen LogP contribution < -0.4 is 4.74 Å². The number of aromatic nitrogens is 3. The van der Waals surface area contributed by atoms with E-state index >= 15 is 0 Å². The van der Waals surface area contributed by atoms with Crippen molar-refractivity contribution >= 4 is 11.8 Å². The Morgan fingerprint density at radius 2 is 1.92 bits per heavy atom. The van der Waals surface area contributed by atoms with Gasteiger partial charge in [0.1, 0.15) is 5.75 Å². The van der Waals surface area contributed by atoms with Crippen molar-refractivity contribution in [3.8, 4) is 5.75 Å². The molecule has 2 heterocycles. The fourth-order valence-corrected chi connectivity index (χ4v) is 3.83. The van der Waals surface area contributed by atoms with E-state index in [-0.39, 0.29) is 6.04 Å². The molecule has 4 rings (SSSR count). The first-order valence-corrected chi connectivity index (χ1v) is 9.14. The molecule has 0 N–H and O–H groups in total. The average molecular weight is 355 g/mol. The third-order valence-corrected chi connectivity index (χ3v) is 5.26. The maximum atomic E-state index is 14.4. The molecular formula is C19H18FN3OS. The summed E-state index contributed by atoms with van der Waals surface area (Å²) in [5.41, 5.74) is 2.22. The molecule has 4 nitrogen and oxygen atoms in total. The minimum absolute atomic E-state index is 0.0750. The van der Waals surface area contributed by atoms with Crippen molar-refractivity contribution in [2.75, 3.05) is 7.11 Å². The van der Waals surface area contributed by atoms with Crippen molar-refractivity contribution in [3.63, 3.8) is 0 Å². The molecule has 2 unspecified atom stereocenters. The number of benzene rings is 2. The van der Waals surface area contributed by atoms with Crippen molar-refractivity contribution in [3.05, 3.63) is 71.5 Å². The zero-order valence-corrected chi connectivity index (χ0v) is 14.6. The van der Waals surface area contributed by atoms with Gasteiger partial charge in [-0.25, -0.2) is 14.1 Å². The number of methoxy groups -OCH3 is 1. The quantitative estimate of drug-likeness (QED) is 0.628. The summed E-state index contributed by atoms with van der Waals surface area (Å²) >= 11 is 1.52. The third kappa shape index (κ3) is 3.26. The van der Waals surface area contributed by atoms with Gasteiger partial charge in [-0.2, -0.15) is 0 Å². The van der Waals surface area contributed by atoms with Gasteiger partial charge in [0, 0.05) is 12.2 Å². The molecular weight excluding hydrogens is 337 g/mol. The van der Waals surface area contributed by atoms with Crippen molar-refractivity contribution in [1.29, 1.82) is 0 Å². The second-order valence-corrected chi connectivity index (χ2v) is 6.91. The van der Waals surface area contributed by atoms with E-state index in [1.165, 1.54) is 11.8 Å². The molecule has 128 valence electrons. The van der Waals surface area contributed by atoms with E-state index < -0.39 is 6.17 Å². The second-order valence-electron chi connectivity index (χ2n) is 5.96. The number of thioether (sulfide) groups is 1. The molecule has 0 fully saturated rings. The Hall–Kier alpha value is -2.34. The molecule has 1 aliphatic heterocycles. The molecule has 0 amide bonds. The van der Waals surface area contributed by atoms with E-state index in [1.807, 2.05) is 54.6 Å². The molecule has 2 atom stereocenters. The first-order chi connectivity index (χ1) is 12.2. The van der Waals surface area contributed by atoms with Gasteiger partial charge in [-0.1, -0.05) is 54.2 Å². The Bertz CT molecular complexity index is 851. The van der Waals surface area contributed by atoms with Crippen LogP contribution in [0.15, 0.2) is 59.8 Å². The molecule has 2 aromatic carbocycles. The lowest BCUT2D eigenvalue weighted by Crippen LogP contribution is -2.07. The molecule has 3 aromatic rings. The smallest absolute Gasteiger partial charge is 0.209 e. The lowest BCUT2D eigenvalue weighted by molar-refractivity contribution is 0.327. The van der Waals surface area contributed by atoms with Gasteiger partial charge in [-0.3, -0.25) is 0 Å². The third-order valence-electron chi connectivity index (χ3n) is 4.36. The molecule has 0 radical (unpaired) electrons. The summed E-state index contributed by atoms with van der Waals surface area (Å²) in [7, 11) is 1.65. The van der Waals surface area contributed by atoms with E-state index in [2.05, 4.69) is 10.1 Å². The van der Waals surface area contributed by atoms with Crippen LogP contribution in [-0.2, 0) is 5.75 Å². The minimum atomic E-state index is -1.06. The van der Waals surface area contributed by atoms with Gasteiger partial charge in [0.25, 0.3) is 0 Å². The largest absolute Gasteiger partial charge is 0.497 e. The van der Waals surface area contributed by atoms with Crippen LogP contribution in [0.2, 0.25) is 0 Å². The fraction of sp³-hybridized carbons (Fsp3) is 0.263. The lowest BCUT2D eigenvalue weighted by Gasteiger charge is -2.11. The van der Waals surface area contributed by atoms with Gasteiger partial charge in [0.2, 0.25) is 5.16 Å². The lowest BCUT2D eigenvalue weighted by atomic mass is 10.0. The summed E-state index contributed by atoms with van der Waals surface area (Å²) in [4.78, 5) is 4.41. The average Bonchev–Trinajstić information content (AvgIpc) is 3.21. The van der Waals surface area contributed by atoms with Crippen molar-refractivity contribution < 1.29 is 9.13 Å². The molecule has 1 aliphatic rings. The Kier molecular flexibility index (Phi) is 4.44. The second kappa shape index (κ2) is 6.88. The Labute approximate surface area is 150 Å². The molecule has 0 saturated carbocycles. The molecule has 25 heavy (non-hydrogen) atoms. The van der Waals surface area contributed by atoms with Gasteiger partial charge >= 0.3 is 0 Å². The van der Waals surface area contributed by atoms with Crippen LogP contribution in [0.4, 0.5) is 4.39 Å². The molecule has 0 saturated heterocycles. The topological polar surface area (TPSA) is 39.9 Å². The highest BCUT2D eigenvalue weighted by molar-refractivity contribution is 7.98. The zero-order chi connectivity index (χ0) is 17.2. The first-order valence-electron chi connectivity index (χ1n) is 8.16. The van der Waals surface area contributed by atoms with Crippen LogP contribution in [0.5, 0.6) is 5.75 Å². The van der Waals surface area contributed by atoms with Crippen LogP contribution in [0, 0.1) is 0 Å². The standard InChI is InChI=1S/C19H18FN3OS/c1-24-15-9-7-13(8-10-15)12-25-19-21-18-16(20)11-17(23(18)22-19)14-5-3-2-4-6-14/h2-10,16-17H,11-12H2,1H3. The summed E-state index contributed by atoms with van der Waals surface area (Å²) < 4.78 is 21.3. The van der Waals surface area contributed by atoms with E-state index in [0.29, 0.717) is 17.4 Å². The summed E-state index contributed by atoms with van der Waals surface area (Å²) in [6.07, 6.45) is -0.656. The van der Waals surface area contributed by atoms with Gasteiger partial charge in [-0.15, -0.1) is 5.10 Å². The number of rotatable bonds is 5. The number of alkyl halides is 1. The zero-order valence-electron chi connectivity index (χ0n) is 13.8. The monoisotopic (exact) mass is 355 g/mol. The van der Waals surface area contributed by atoms with Crippen LogP contribution in [0.25, 0.3) is 0 Å². The van der Waals surface area contributed by atoms with Crippen molar-refractivity contribution in [2.45, 2.75) is 29.5 Å². The van der Waals surface area contributed by atoms with Crippen LogP contribution in [0.1, 0.15) is 35.6 Å². The highest BCUT2D eigenvalue weighted by Crippen LogP contribution is 2.40. The summed E-state index contributed by atoms with van der Waals surface area (Å²) in [6.45, 7) is 0. The maximum absolute atomic E-state index is 14.4. The highest BCUT2D eigenvalue weighted by atomic mass is 32.2. The number of nitrogens with zero attached hydrogens (tertiary/aromatic N) is 3. The number of hydrogen-bond donors (Lipinski definition) is 0. The molecule has 0 spiro atoms. The summed E-state index contributed by atoms with van der Waals surface area (Å²) in [5, 5.41) is 5.17. The Morgan fingerprint density at radius 1 is 1.16 bits per heavy atom. The predicted octanol–water partition coefficient (Wildman–Crippen LogP) is 4.58. The Morgan fingerprint density at radius 3 is 2.64 bits per heavy atom. The van der Waals surface area contributed by atoms with Crippen LogP contribution in [0.3, 0.4) is 0 Å². The van der Waals surface area contributed by atoms with E-state index in [9.17, 15) is 4.39 Å². The number of halogens is 1. The van der Waals surface area contributed by atoms with E-state index in [4.69, 9.17) is 4.74 Å². The SMILES string of the molecule is COc1ccc(CSc2nc3n(n2)C(c2ccccc2)CC3F)cc1. The number of ether oxygens (including phenoxy) is 1. The first kappa shape index (κ1) is 16.1. The summed E-state index contributed by atoms with van der Waals surface area (Å²) in [6, 6.07) is 17.7. The fourth-order valence-electron chi connectivity index (χ4n) is 3.04. The normalized spacial score (nSPS) is 19.0. The van der Waals surface area contributed by atoms with Gasteiger partial charge in [0.05, 0.1) is 13.2 Å². The van der Waals surface area contributed by atoms with Crippen molar-refractivity contribution in [1.82, 2.24) is 14.8 Å². The number of hydrogen-bond acceptors (Lipinski definition) is 4. The van der Waals surface area contributed by atoms with Gasteiger partial charge in [0.15, 0.2) is 12.0 Å². The number of fused-ring (bicyclic) bond motifs is 1. The molecule has 0 bridgehead atoms. The highest BCUT2D eigenvalue weighted by Gasteiger charge is 2.35. The predicted molar refractivity (Wildman–Crippen MR) is 95.6 cm³/mol. The van der Waals surface area contributed by atoms with E-state index in [1.54, 1.807) is 11.8 Å². The Balaban J connectivity index is 1.50. The molecule has 6 heteroatoms. The molecule has 0 aliphatic carbocycles. The van der Waals surface area contributed by atoms with Crippen molar-refractivity contribution in [2.24, 2.45) is 0 Å². The maximum Gasteiger partial charge on any atom is 0.209 e. The van der Waals surface area contributed by atoms with Gasteiger partial charge < -0.3 is 4.74 Å². The minimum Gasteiger partial charge on any atom is -0.497 e. The summed E-state index contributed by atoms with van der Waals surface area (Å²) in [5.74, 6) is 2.00. The van der Waals surface area contributed by atoms with E-state index in [0.717, 1.165) is 22.6 Å². The molecule has 1 aromatic heterocycles. The van der Waals surface area contributed by atoms with Gasteiger partial charge in [-0.05, 0) is 23.3 Å². The van der Waals surface area contributed by atoms with Crippen LogP contribution >= 0.6 is 11.8 Å². The van der Waals surface area contributed by atoms with Crippen LogP contribution in [-0.4, -0.2) is 21.9 Å².